The van der Waals surface area contributed by atoms with Gasteiger partial charge in [0.1, 0.15) is 0 Å². The summed E-state index contributed by atoms with van der Waals surface area (Å²) in [6.45, 7) is 2.16. The van der Waals surface area contributed by atoms with Gasteiger partial charge >= 0.3 is 6.18 Å². The van der Waals surface area contributed by atoms with Gasteiger partial charge < -0.3 is 5.73 Å². The van der Waals surface area contributed by atoms with Crippen LogP contribution in [0.2, 0.25) is 0 Å². The van der Waals surface area contributed by atoms with Crippen molar-refractivity contribution in [2.45, 2.75) is 36.9 Å². The van der Waals surface area contributed by atoms with Gasteiger partial charge in [0.25, 0.3) is 0 Å². The third-order valence-corrected chi connectivity index (χ3v) is 6.07. The van der Waals surface area contributed by atoms with E-state index in [1.165, 1.54) is 12.1 Å². The Hall–Kier alpha value is -1.12. The molecule has 124 valence electrons. The molecule has 0 spiro atoms. The van der Waals surface area contributed by atoms with Crippen molar-refractivity contribution in [2.75, 3.05) is 13.1 Å². The Morgan fingerprint density at radius 1 is 1.32 bits per heavy atom. The predicted molar refractivity (Wildman–Crippen MR) is 76.6 cm³/mol. The van der Waals surface area contributed by atoms with Crippen LogP contribution in [0.5, 0.6) is 0 Å². The van der Waals surface area contributed by atoms with Crippen LogP contribution in [0.15, 0.2) is 29.2 Å². The van der Waals surface area contributed by atoms with E-state index in [0.717, 1.165) is 22.9 Å². The first-order chi connectivity index (χ1) is 10.2. The first-order valence-corrected chi connectivity index (χ1v) is 8.51. The molecule has 1 saturated heterocycles. The summed E-state index contributed by atoms with van der Waals surface area (Å²) in [5.41, 5.74) is 4.52. The van der Waals surface area contributed by atoms with E-state index in [2.05, 4.69) is 0 Å². The van der Waals surface area contributed by atoms with Crippen molar-refractivity contribution in [1.29, 1.82) is 0 Å². The van der Waals surface area contributed by atoms with E-state index in [1.807, 2.05) is 6.92 Å². The van der Waals surface area contributed by atoms with Gasteiger partial charge in [-0.1, -0.05) is 19.1 Å². The van der Waals surface area contributed by atoms with Crippen molar-refractivity contribution in [1.82, 2.24) is 4.31 Å². The highest BCUT2D eigenvalue weighted by Gasteiger charge is 2.42. The van der Waals surface area contributed by atoms with Crippen molar-refractivity contribution in [3.05, 3.63) is 29.8 Å². The molecule has 1 aliphatic rings. The van der Waals surface area contributed by atoms with Crippen LogP contribution in [-0.2, 0) is 16.2 Å². The molecule has 0 saturated carbocycles. The van der Waals surface area contributed by atoms with E-state index in [4.69, 9.17) is 5.73 Å². The molecule has 0 radical (unpaired) electrons. The molecule has 0 bridgehead atoms. The van der Waals surface area contributed by atoms with Crippen LogP contribution < -0.4 is 5.73 Å². The molecule has 1 fully saturated rings. The second-order valence-corrected chi connectivity index (χ2v) is 7.39. The topological polar surface area (TPSA) is 63.4 Å². The maximum atomic E-state index is 13.1. The molecule has 2 rings (SSSR count). The van der Waals surface area contributed by atoms with Crippen molar-refractivity contribution < 1.29 is 21.6 Å². The Kier molecular flexibility index (Phi) is 4.84. The van der Waals surface area contributed by atoms with Gasteiger partial charge in [-0.25, -0.2) is 8.42 Å². The lowest BCUT2D eigenvalue weighted by Gasteiger charge is -2.38. The minimum absolute atomic E-state index is 0.0200. The third kappa shape index (κ3) is 3.13. The smallest absolute Gasteiger partial charge is 0.329 e. The Bertz CT molecular complexity index is 631. The van der Waals surface area contributed by atoms with Gasteiger partial charge in [0.15, 0.2) is 0 Å². The molecule has 0 amide bonds. The van der Waals surface area contributed by atoms with Gasteiger partial charge in [0, 0.05) is 19.1 Å². The monoisotopic (exact) mass is 336 g/mol. The Labute approximate surface area is 128 Å². The number of hydrogen-bond acceptors (Lipinski definition) is 3. The molecule has 0 aromatic heterocycles. The summed E-state index contributed by atoms with van der Waals surface area (Å²) in [5, 5.41) is 0. The molecule has 1 aromatic carbocycles. The standard InChI is InChI=1S/C14H19F3N2O2S/c1-10-5-4-8-19(12(10)9-18)22(20,21)13-7-3-2-6-11(13)14(15,16)17/h2-3,6-7,10,12H,4-5,8-9,18H2,1H3/t10-,12-/m0/s1. The van der Waals surface area contributed by atoms with E-state index in [1.54, 1.807) is 0 Å². The normalized spacial score (nSPS) is 24.4. The summed E-state index contributed by atoms with van der Waals surface area (Å²) < 4.78 is 65.9. The number of rotatable bonds is 3. The Morgan fingerprint density at radius 3 is 2.55 bits per heavy atom. The summed E-state index contributed by atoms with van der Waals surface area (Å²) >= 11 is 0. The minimum Gasteiger partial charge on any atom is -0.329 e. The highest BCUT2D eigenvalue weighted by atomic mass is 32.2. The summed E-state index contributed by atoms with van der Waals surface area (Å²) in [4.78, 5) is -0.699. The molecule has 1 aromatic rings. The van der Waals surface area contributed by atoms with Gasteiger partial charge in [-0.3, -0.25) is 0 Å². The number of halogens is 3. The van der Waals surface area contributed by atoms with Crippen molar-refractivity contribution >= 4 is 10.0 Å². The summed E-state index contributed by atoms with van der Waals surface area (Å²) in [5.74, 6) is 0.0200. The quantitative estimate of drug-likeness (QED) is 0.922. The number of benzene rings is 1. The van der Waals surface area contributed by atoms with E-state index in [-0.39, 0.29) is 19.0 Å². The number of nitrogens with zero attached hydrogens (tertiary/aromatic N) is 1. The second-order valence-electron chi connectivity index (χ2n) is 5.53. The lowest BCUT2D eigenvalue weighted by Crippen LogP contribution is -2.51. The Balaban J connectivity index is 2.51. The molecule has 2 atom stereocenters. The molecular formula is C14H19F3N2O2S. The fraction of sp³-hybridized carbons (Fsp3) is 0.571. The zero-order valence-electron chi connectivity index (χ0n) is 12.2. The average molecular weight is 336 g/mol. The predicted octanol–water partition coefficient (Wildman–Crippen LogP) is 2.45. The highest BCUT2D eigenvalue weighted by Crippen LogP contribution is 2.37. The molecule has 1 heterocycles. The lowest BCUT2D eigenvalue weighted by molar-refractivity contribution is -0.139. The van der Waals surface area contributed by atoms with Crippen molar-refractivity contribution in [2.24, 2.45) is 11.7 Å². The van der Waals surface area contributed by atoms with Gasteiger partial charge in [0.05, 0.1) is 10.5 Å². The summed E-state index contributed by atoms with van der Waals surface area (Å²) in [6, 6.07) is 3.80. The first kappa shape index (κ1) is 17.2. The maximum absolute atomic E-state index is 13.1. The molecular weight excluding hydrogens is 317 g/mol. The summed E-state index contributed by atoms with van der Waals surface area (Å²) in [7, 11) is -4.24. The molecule has 8 heteroatoms. The largest absolute Gasteiger partial charge is 0.417 e. The fourth-order valence-electron chi connectivity index (χ4n) is 2.91. The van der Waals surface area contributed by atoms with E-state index >= 15 is 0 Å². The SMILES string of the molecule is C[C@H]1CCCN(S(=O)(=O)c2ccccc2C(F)(F)F)[C@H]1CN. The van der Waals surface area contributed by atoms with E-state index in [9.17, 15) is 21.6 Å². The van der Waals surface area contributed by atoms with Crippen LogP contribution in [0.1, 0.15) is 25.3 Å². The zero-order valence-corrected chi connectivity index (χ0v) is 13.0. The molecule has 0 unspecified atom stereocenters. The number of alkyl halides is 3. The van der Waals surface area contributed by atoms with E-state index < -0.39 is 32.7 Å². The van der Waals surface area contributed by atoms with Crippen LogP contribution in [0.4, 0.5) is 13.2 Å². The average Bonchev–Trinajstić information content (AvgIpc) is 2.46. The fourth-order valence-corrected chi connectivity index (χ4v) is 4.90. The number of nitrogens with two attached hydrogens (primary N) is 1. The maximum Gasteiger partial charge on any atom is 0.417 e. The van der Waals surface area contributed by atoms with Gasteiger partial charge in [0.2, 0.25) is 10.0 Å². The van der Waals surface area contributed by atoms with Crippen molar-refractivity contribution in [3.8, 4) is 0 Å². The first-order valence-electron chi connectivity index (χ1n) is 7.07. The summed E-state index contributed by atoms with van der Waals surface area (Å²) in [6.07, 6.45) is -3.29. The number of piperidine rings is 1. The van der Waals surface area contributed by atoms with Crippen LogP contribution in [0.25, 0.3) is 0 Å². The number of hydrogen-bond donors (Lipinski definition) is 1. The molecule has 2 N–H and O–H groups in total. The van der Waals surface area contributed by atoms with Crippen LogP contribution >= 0.6 is 0 Å². The van der Waals surface area contributed by atoms with E-state index in [0.29, 0.717) is 6.42 Å². The third-order valence-electron chi connectivity index (χ3n) is 4.09. The molecule has 22 heavy (non-hydrogen) atoms. The van der Waals surface area contributed by atoms with Gasteiger partial charge in [-0.2, -0.15) is 17.5 Å². The second kappa shape index (κ2) is 6.17. The van der Waals surface area contributed by atoms with Gasteiger partial charge in [-0.05, 0) is 30.9 Å². The molecule has 0 aliphatic carbocycles. The molecule has 1 aliphatic heterocycles. The number of sulfonamides is 1. The van der Waals surface area contributed by atoms with Gasteiger partial charge in [-0.15, -0.1) is 0 Å². The zero-order chi connectivity index (χ0) is 16.5. The van der Waals surface area contributed by atoms with Crippen LogP contribution in [-0.4, -0.2) is 31.9 Å². The Morgan fingerprint density at radius 2 is 1.95 bits per heavy atom. The van der Waals surface area contributed by atoms with Crippen LogP contribution in [0.3, 0.4) is 0 Å². The minimum atomic E-state index is -4.72. The lowest BCUT2D eigenvalue weighted by atomic mass is 9.93. The highest BCUT2D eigenvalue weighted by molar-refractivity contribution is 7.89. The van der Waals surface area contributed by atoms with Crippen molar-refractivity contribution in [3.63, 3.8) is 0 Å². The van der Waals surface area contributed by atoms with Crippen LogP contribution in [0, 0.1) is 5.92 Å². The molecule has 4 nitrogen and oxygen atoms in total.